The van der Waals surface area contributed by atoms with Crippen LogP contribution in [0.4, 0.5) is 20.2 Å². The predicted molar refractivity (Wildman–Crippen MR) is 392 cm³/mol. The van der Waals surface area contributed by atoms with Crippen LogP contribution in [-0.2, 0) is 39.9 Å². The average Bonchev–Trinajstić information content (AvgIpc) is 1.68. The topological polar surface area (TPSA) is 284 Å². The number of halogens is 1. The van der Waals surface area contributed by atoms with E-state index in [9.17, 15) is 43.5 Å². The van der Waals surface area contributed by atoms with Crippen LogP contribution in [0.25, 0.3) is 0 Å². The van der Waals surface area contributed by atoms with Crippen LogP contribution in [0.5, 0.6) is 11.5 Å². The third-order valence-electron chi connectivity index (χ3n) is 18.9. The Morgan fingerprint density at radius 2 is 1.37 bits per heavy atom. The van der Waals surface area contributed by atoms with E-state index in [0.29, 0.717) is 123 Å². The number of methoxy groups -OCH3 is 1. The number of likely N-dealkylation sites (tertiary alicyclic amines) is 1. The lowest BCUT2D eigenvalue weighted by atomic mass is 9.83. The summed E-state index contributed by atoms with van der Waals surface area (Å²) in [7, 11) is 1.56. The number of benzene rings is 3. The highest BCUT2D eigenvalue weighted by atomic mass is 35.5. The van der Waals surface area contributed by atoms with Crippen LogP contribution in [0.15, 0.2) is 73.1 Å². The number of carbonyl (C=O) groups excluding carboxylic acids is 8. The van der Waals surface area contributed by atoms with Gasteiger partial charge in [-0.05, 0) is 180 Å². The Balaban J connectivity index is 0.845. The number of hydrogen-bond donors (Lipinski definition) is 4. The summed E-state index contributed by atoms with van der Waals surface area (Å²) < 4.78 is 28.7. The maximum atomic E-state index is 14.8. The third kappa shape index (κ3) is 23.8. The number of aliphatic hydroxyl groups is 1. The molecule has 2 aliphatic heterocycles. The molecule has 26 heteroatoms. The van der Waals surface area contributed by atoms with Gasteiger partial charge in [0.25, 0.3) is 5.91 Å². The van der Waals surface area contributed by atoms with Crippen molar-refractivity contribution in [1.29, 1.82) is 0 Å². The van der Waals surface area contributed by atoms with Crippen molar-refractivity contribution >= 4 is 65.2 Å². The molecule has 0 bridgehead atoms. The molecule has 8 rings (SSSR count). The molecule has 3 fully saturated rings. The first-order valence-electron chi connectivity index (χ1n) is 36.7. The van der Waals surface area contributed by atoms with E-state index in [2.05, 4.69) is 37.7 Å². The van der Waals surface area contributed by atoms with Crippen LogP contribution in [-0.4, -0.2) is 209 Å². The number of amides is 8. The van der Waals surface area contributed by atoms with E-state index >= 15 is 0 Å². The molecule has 4 aliphatic rings. The number of unbranched alkanes of at least 4 members (excludes halogenated alkanes) is 2. The molecule has 0 radical (unpaired) electrons. The number of aliphatic hydroxyl groups excluding tert-OH is 1. The van der Waals surface area contributed by atoms with E-state index in [0.717, 1.165) is 55.5 Å². The molecule has 103 heavy (non-hydrogen) atoms. The molecular weight excluding hydrogens is 1340 g/mol. The van der Waals surface area contributed by atoms with E-state index in [1.165, 1.54) is 21.0 Å². The van der Waals surface area contributed by atoms with Crippen molar-refractivity contribution in [1.82, 2.24) is 50.4 Å². The predicted octanol–water partition coefficient (Wildman–Crippen LogP) is 10.9. The molecule has 1 aromatic heterocycles. The molecule has 1 saturated carbocycles. The Labute approximate surface area is 612 Å². The SMILES string of the molecule is CCOc1cc(OC)ccc1CN(CC(=O)N1CCCC(c2cccc(C(=O)N[C@@H](C(=O)NCCCCCN(CC(=O)NCCN(C[C@@H](C(=O)N3CCN(c4ncnc5c4[C@H](C)C[C@H]5O)CC3)c3ccc(Cl)cc3)C(=O)OC(C)(C)C)C(=O)OC(C)(C)C)C3CCCCC3)c2)C1)C(=O)OC(C)(C)C. The summed E-state index contributed by atoms with van der Waals surface area (Å²) in [5.74, 6) is -0.644. The Morgan fingerprint density at radius 3 is 2.03 bits per heavy atom. The largest absolute Gasteiger partial charge is 0.497 e. The van der Waals surface area contributed by atoms with Crippen LogP contribution in [0.2, 0.25) is 5.02 Å². The number of piperidine rings is 1. The highest BCUT2D eigenvalue weighted by molar-refractivity contribution is 6.30. The van der Waals surface area contributed by atoms with Gasteiger partial charge >= 0.3 is 18.3 Å². The van der Waals surface area contributed by atoms with Crippen LogP contribution in [0.3, 0.4) is 0 Å². The van der Waals surface area contributed by atoms with Crippen molar-refractivity contribution in [3.05, 3.63) is 112 Å². The van der Waals surface area contributed by atoms with Gasteiger partial charge in [-0.25, -0.2) is 24.4 Å². The van der Waals surface area contributed by atoms with Gasteiger partial charge in [0, 0.05) is 106 Å². The number of aromatic nitrogens is 2. The van der Waals surface area contributed by atoms with E-state index in [1.807, 2.05) is 31.2 Å². The van der Waals surface area contributed by atoms with Crippen molar-refractivity contribution in [3.8, 4) is 11.5 Å². The number of ether oxygens (including phenoxy) is 5. The first-order valence-corrected chi connectivity index (χ1v) is 37.0. The standard InChI is InChI=1S/C77H110ClN11O14/c1-13-100-62-44-59(99-12)32-29-57(62)46-89(74(98)103-77(9,10)11)49-64(92)86-36-21-26-56(45-86)54-24-20-25-55(43-54)69(93)83-66(53-22-16-14-17-23-53)70(94)80-33-18-15-19-35-87(72(96)101-75(3,4)5)48-63(91)79-34-37-88(73(97)102-76(6,7)8)47-60(52-27-30-58(78)31-28-52)71(95)85-40-38-84(39-41-85)68-65-51(2)42-61(90)67(65)81-50-82-68/h20,24-25,27-32,43-44,50-51,53,56,60-61,66,90H,13-19,21-23,26,33-42,45-49H2,1-12H3,(H,79,91)(H,80,94)(H,83,93)/t51-,56?,60-,61-,66-/m1/s1. The number of nitrogens with one attached hydrogen (secondary N) is 3. The number of carbonyl (C=O) groups is 8. The zero-order valence-corrected chi connectivity index (χ0v) is 63.2. The number of hydrogen-bond acceptors (Lipinski definition) is 17. The quantitative estimate of drug-likeness (QED) is 0.0304. The van der Waals surface area contributed by atoms with E-state index < -0.39 is 59.1 Å². The minimum atomic E-state index is -0.892. The molecule has 564 valence electrons. The first-order chi connectivity index (χ1) is 48.9. The Morgan fingerprint density at radius 1 is 0.699 bits per heavy atom. The van der Waals surface area contributed by atoms with Gasteiger partial charge in [-0.3, -0.25) is 33.8 Å². The maximum absolute atomic E-state index is 14.8. The number of anilines is 1. The molecule has 4 aromatic rings. The summed E-state index contributed by atoms with van der Waals surface area (Å²) in [6.45, 7) is 22.5. The number of rotatable bonds is 28. The number of nitrogens with zero attached hydrogens (tertiary/aromatic N) is 8. The summed E-state index contributed by atoms with van der Waals surface area (Å²) in [5.41, 5.74) is 1.62. The Kier molecular flexibility index (Phi) is 28.7. The molecule has 0 spiro atoms. The van der Waals surface area contributed by atoms with Gasteiger partial charge in [-0.2, -0.15) is 0 Å². The van der Waals surface area contributed by atoms with Crippen LogP contribution >= 0.6 is 11.6 Å². The fourth-order valence-corrected chi connectivity index (χ4v) is 13.9. The monoisotopic (exact) mass is 1450 g/mol. The summed E-state index contributed by atoms with van der Waals surface area (Å²) in [6, 6.07) is 18.9. The highest BCUT2D eigenvalue weighted by Crippen LogP contribution is 2.43. The number of piperazine rings is 1. The Bertz CT molecular complexity index is 3550. The molecule has 3 aromatic carbocycles. The summed E-state index contributed by atoms with van der Waals surface area (Å²) in [5, 5.41) is 20.2. The van der Waals surface area contributed by atoms with Gasteiger partial charge in [0.1, 0.15) is 59.6 Å². The number of fused-ring (bicyclic) bond motifs is 1. The van der Waals surface area contributed by atoms with Gasteiger partial charge in [0.2, 0.25) is 23.6 Å². The second kappa shape index (κ2) is 36.8. The van der Waals surface area contributed by atoms with Crippen LogP contribution in [0.1, 0.15) is 209 Å². The van der Waals surface area contributed by atoms with Gasteiger partial charge in [-0.1, -0.05) is 62.1 Å². The molecule has 2 saturated heterocycles. The molecule has 3 heterocycles. The van der Waals surface area contributed by atoms with Gasteiger partial charge in [0.15, 0.2) is 0 Å². The normalized spacial score (nSPS) is 17.8. The van der Waals surface area contributed by atoms with Crippen molar-refractivity contribution in [2.45, 2.75) is 200 Å². The maximum Gasteiger partial charge on any atom is 0.411 e. The fraction of sp³-hybridized carbons (Fsp3) is 0.610. The summed E-state index contributed by atoms with van der Waals surface area (Å²) in [4.78, 5) is 132. The minimum Gasteiger partial charge on any atom is -0.497 e. The molecule has 1 unspecified atom stereocenters. The second-order valence-electron chi connectivity index (χ2n) is 30.5. The zero-order valence-electron chi connectivity index (χ0n) is 62.5. The lowest BCUT2D eigenvalue weighted by Crippen LogP contribution is -2.52. The zero-order chi connectivity index (χ0) is 74.8. The highest BCUT2D eigenvalue weighted by Gasteiger charge is 2.39. The molecule has 25 nitrogen and oxygen atoms in total. The van der Waals surface area contributed by atoms with Crippen molar-refractivity contribution in [2.24, 2.45) is 5.92 Å². The second-order valence-corrected chi connectivity index (χ2v) is 30.9. The van der Waals surface area contributed by atoms with Crippen LogP contribution < -0.4 is 30.3 Å². The van der Waals surface area contributed by atoms with Crippen LogP contribution in [0, 0.1) is 5.92 Å². The molecule has 4 N–H and O–H groups in total. The lowest BCUT2D eigenvalue weighted by molar-refractivity contribution is -0.134. The van der Waals surface area contributed by atoms with Crippen molar-refractivity contribution in [3.63, 3.8) is 0 Å². The molecular formula is C77H110ClN11O14. The van der Waals surface area contributed by atoms with E-state index in [-0.39, 0.29) is 87.2 Å². The third-order valence-corrected chi connectivity index (χ3v) is 19.1. The van der Waals surface area contributed by atoms with Gasteiger partial charge in [0.05, 0.1) is 38.0 Å². The van der Waals surface area contributed by atoms with Gasteiger partial charge in [-0.15, -0.1) is 0 Å². The minimum absolute atomic E-state index is 0.0398. The van der Waals surface area contributed by atoms with Crippen molar-refractivity contribution in [2.75, 3.05) is 104 Å². The summed E-state index contributed by atoms with van der Waals surface area (Å²) >= 11 is 6.35. The lowest BCUT2D eigenvalue weighted by Gasteiger charge is -2.38. The Hall–Kier alpha value is -8.45. The van der Waals surface area contributed by atoms with Crippen molar-refractivity contribution < 1.29 is 67.1 Å². The summed E-state index contributed by atoms with van der Waals surface area (Å²) in [6.07, 6.45) is 6.94. The molecule has 8 amide bonds. The van der Waals surface area contributed by atoms with E-state index in [4.69, 9.17) is 35.3 Å². The van der Waals surface area contributed by atoms with Gasteiger partial charge < -0.3 is 64.3 Å². The smallest absolute Gasteiger partial charge is 0.411 e. The molecule has 2 aliphatic carbocycles. The van der Waals surface area contributed by atoms with E-state index in [1.54, 1.807) is 122 Å². The first kappa shape index (κ1) is 80.2. The average molecular weight is 1450 g/mol. The fourth-order valence-electron chi connectivity index (χ4n) is 13.7. The molecule has 5 atom stereocenters.